The maximum Gasteiger partial charge on any atom is 0.262 e. The van der Waals surface area contributed by atoms with Crippen LogP contribution in [0.1, 0.15) is 76.9 Å². The van der Waals surface area contributed by atoms with Crippen molar-refractivity contribution in [3.05, 3.63) is 65.6 Å². The number of imide groups is 2. The van der Waals surface area contributed by atoms with Gasteiger partial charge in [0, 0.05) is 55.1 Å². The van der Waals surface area contributed by atoms with Crippen LogP contribution >= 0.6 is 0 Å². The van der Waals surface area contributed by atoms with Gasteiger partial charge in [0.2, 0.25) is 11.8 Å². The summed E-state index contributed by atoms with van der Waals surface area (Å²) in [5.41, 5.74) is 7.25. The first-order chi connectivity index (χ1) is 23.9. The number of ether oxygens (including phenoxy) is 1. The smallest absolute Gasteiger partial charge is 0.262 e. The Kier molecular flexibility index (Phi) is 7.18. The molecule has 4 amide bonds. The standard InChI is InChI=1S/C36H36N8O5/c45-32-8-7-31(34(46)40-32)44-35(47)25-5-3-22(15-26(25)36(44)48)37-17-20-13-24(14-20)43-19-27(33(41-43)21-1-2-21)30-18-38-29-16-23(4-6-28(29)39-30)42-9-11-49-12-10-42/h3-6,15-16,18-21,24,31,37H,1-2,7-14,17H2,(H,40,45,46). The van der Waals surface area contributed by atoms with E-state index >= 15 is 0 Å². The number of amides is 4. The monoisotopic (exact) mass is 660 g/mol. The molecule has 1 atom stereocenters. The Labute approximate surface area is 282 Å². The van der Waals surface area contributed by atoms with Crippen LogP contribution < -0.4 is 15.5 Å². The number of piperidine rings is 1. The zero-order valence-corrected chi connectivity index (χ0v) is 26.9. The predicted octanol–water partition coefficient (Wildman–Crippen LogP) is 3.67. The van der Waals surface area contributed by atoms with Crippen molar-refractivity contribution in [2.45, 2.75) is 56.5 Å². The molecule has 250 valence electrons. The lowest BCUT2D eigenvalue weighted by molar-refractivity contribution is -0.136. The zero-order valence-electron chi connectivity index (χ0n) is 26.9. The molecule has 2 aromatic carbocycles. The fourth-order valence-corrected chi connectivity index (χ4v) is 7.52. The molecule has 9 rings (SSSR count). The third kappa shape index (κ3) is 5.41. The minimum atomic E-state index is -0.973. The first-order valence-corrected chi connectivity index (χ1v) is 17.2. The molecule has 13 nitrogen and oxygen atoms in total. The van der Waals surface area contributed by atoms with Gasteiger partial charge in [-0.1, -0.05) is 0 Å². The Morgan fingerprint density at radius 3 is 2.51 bits per heavy atom. The summed E-state index contributed by atoms with van der Waals surface area (Å²) in [6, 6.07) is 10.7. The number of aromatic nitrogens is 4. The number of nitrogens with zero attached hydrogens (tertiary/aromatic N) is 6. The predicted molar refractivity (Wildman–Crippen MR) is 179 cm³/mol. The molecule has 3 aliphatic heterocycles. The molecule has 13 heteroatoms. The summed E-state index contributed by atoms with van der Waals surface area (Å²) < 4.78 is 7.62. The SMILES string of the molecule is O=C1CCC(N2C(=O)c3ccc(NCC4CC(n5cc(-c6cnc7cc(N8CCOCC8)ccc7n6)c(C6CC6)n5)C4)cc3C2=O)C(=O)N1. The second-order valence-corrected chi connectivity index (χ2v) is 13.8. The second kappa shape index (κ2) is 11.8. The van der Waals surface area contributed by atoms with Crippen LogP contribution in [-0.4, -0.2) is 87.2 Å². The Morgan fingerprint density at radius 2 is 1.71 bits per heavy atom. The van der Waals surface area contributed by atoms with Crippen LogP contribution in [0.25, 0.3) is 22.3 Å². The van der Waals surface area contributed by atoms with E-state index in [1.54, 1.807) is 18.2 Å². The molecular formula is C36H36N8O5. The van der Waals surface area contributed by atoms with Crippen molar-refractivity contribution in [2.75, 3.05) is 43.1 Å². The van der Waals surface area contributed by atoms with Crippen LogP contribution in [0.3, 0.4) is 0 Å². The highest BCUT2D eigenvalue weighted by molar-refractivity contribution is 6.23. The van der Waals surface area contributed by atoms with E-state index in [2.05, 4.69) is 44.6 Å². The number of hydrogen-bond donors (Lipinski definition) is 2. The lowest BCUT2D eigenvalue weighted by atomic mass is 9.80. The molecule has 5 aliphatic rings. The van der Waals surface area contributed by atoms with E-state index in [1.807, 2.05) is 6.20 Å². The molecule has 5 heterocycles. The van der Waals surface area contributed by atoms with Crippen molar-refractivity contribution in [1.82, 2.24) is 30.0 Å². The Balaban J connectivity index is 0.851. The van der Waals surface area contributed by atoms with Crippen LogP contribution in [0.15, 0.2) is 48.8 Å². The molecule has 1 unspecified atom stereocenters. The van der Waals surface area contributed by atoms with E-state index in [-0.39, 0.29) is 24.0 Å². The molecule has 4 fully saturated rings. The van der Waals surface area contributed by atoms with Crippen LogP contribution in [0, 0.1) is 5.92 Å². The molecule has 2 saturated carbocycles. The van der Waals surface area contributed by atoms with Crippen molar-refractivity contribution in [3.63, 3.8) is 0 Å². The summed E-state index contributed by atoms with van der Waals surface area (Å²) in [4.78, 5) is 63.3. The van der Waals surface area contributed by atoms with Gasteiger partial charge in [-0.2, -0.15) is 5.10 Å². The van der Waals surface area contributed by atoms with Crippen LogP contribution in [0.4, 0.5) is 11.4 Å². The molecule has 0 spiro atoms. The van der Waals surface area contributed by atoms with Crippen LogP contribution in [-0.2, 0) is 14.3 Å². The van der Waals surface area contributed by atoms with Crippen molar-refractivity contribution >= 4 is 46.0 Å². The van der Waals surface area contributed by atoms with Gasteiger partial charge in [0.05, 0.1) is 59.0 Å². The number of fused-ring (bicyclic) bond motifs is 2. The van der Waals surface area contributed by atoms with Gasteiger partial charge in [-0.25, -0.2) is 4.98 Å². The normalized spacial score (nSPS) is 23.9. The maximum atomic E-state index is 13.2. The highest BCUT2D eigenvalue weighted by atomic mass is 16.5. The zero-order chi connectivity index (χ0) is 33.2. The van der Waals surface area contributed by atoms with Crippen molar-refractivity contribution in [1.29, 1.82) is 0 Å². The Bertz CT molecular complexity index is 2030. The summed E-state index contributed by atoms with van der Waals surface area (Å²) >= 11 is 0. The molecule has 2 aromatic heterocycles. The summed E-state index contributed by atoms with van der Waals surface area (Å²) in [5, 5.41) is 10.8. The van der Waals surface area contributed by atoms with Gasteiger partial charge in [-0.3, -0.25) is 39.1 Å². The average Bonchev–Trinajstić information content (AvgIpc) is 3.81. The summed E-state index contributed by atoms with van der Waals surface area (Å²) in [5.74, 6) is -1.11. The third-order valence-electron chi connectivity index (χ3n) is 10.5. The quantitative estimate of drug-likeness (QED) is 0.268. The van der Waals surface area contributed by atoms with E-state index in [1.165, 1.54) is 0 Å². The molecule has 49 heavy (non-hydrogen) atoms. The Hall–Kier alpha value is -5.17. The van der Waals surface area contributed by atoms with Gasteiger partial charge in [0.25, 0.3) is 11.8 Å². The maximum absolute atomic E-state index is 13.2. The fourth-order valence-electron chi connectivity index (χ4n) is 7.52. The lowest BCUT2D eigenvalue weighted by Crippen LogP contribution is -2.54. The number of hydrogen-bond acceptors (Lipinski definition) is 10. The van der Waals surface area contributed by atoms with E-state index in [0.717, 1.165) is 103 Å². The van der Waals surface area contributed by atoms with Gasteiger partial charge in [-0.05, 0) is 74.4 Å². The summed E-state index contributed by atoms with van der Waals surface area (Å²) in [6.45, 7) is 3.96. The number of anilines is 2. The molecule has 4 aromatic rings. The van der Waals surface area contributed by atoms with Gasteiger partial charge < -0.3 is 15.0 Å². The largest absolute Gasteiger partial charge is 0.385 e. The number of rotatable bonds is 8. The van der Waals surface area contributed by atoms with Gasteiger partial charge in [0.1, 0.15) is 6.04 Å². The molecule has 2 aliphatic carbocycles. The Morgan fingerprint density at radius 1 is 0.898 bits per heavy atom. The van der Waals surface area contributed by atoms with E-state index < -0.39 is 29.7 Å². The number of carbonyl (C=O) groups excluding carboxylic acids is 4. The summed E-state index contributed by atoms with van der Waals surface area (Å²) in [7, 11) is 0. The van der Waals surface area contributed by atoms with Gasteiger partial charge >= 0.3 is 0 Å². The fraction of sp³-hybridized carbons (Fsp3) is 0.417. The minimum Gasteiger partial charge on any atom is -0.385 e. The summed E-state index contributed by atoms with van der Waals surface area (Å²) in [6.07, 6.45) is 8.49. The molecule has 2 saturated heterocycles. The van der Waals surface area contributed by atoms with E-state index in [4.69, 9.17) is 19.8 Å². The topological polar surface area (TPSA) is 152 Å². The van der Waals surface area contributed by atoms with Crippen LogP contribution in [0.5, 0.6) is 0 Å². The number of nitrogens with one attached hydrogen (secondary N) is 2. The molecule has 0 bridgehead atoms. The van der Waals surface area contributed by atoms with Gasteiger partial charge in [-0.15, -0.1) is 0 Å². The van der Waals surface area contributed by atoms with E-state index in [9.17, 15) is 19.2 Å². The number of carbonyl (C=O) groups is 4. The lowest BCUT2D eigenvalue weighted by Gasteiger charge is -2.35. The highest BCUT2D eigenvalue weighted by Gasteiger charge is 2.44. The second-order valence-electron chi connectivity index (χ2n) is 13.8. The van der Waals surface area contributed by atoms with Gasteiger partial charge in [0.15, 0.2) is 0 Å². The first-order valence-electron chi connectivity index (χ1n) is 17.2. The third-order valence-corrected chi connectivity index (χ3v) is 10.5. The molecule has 0 radical (unpaired) electrons. The van der Waals surface area contributed by atoms with Crippen molar-refractivity contribution in [3.8, 4) is 11.3 Å². The van der Waals surface area contributed by atoms with Crippen molar-refractivity contribution in [2.24, 2.45) is 5.92 Å². The molecular weight excluding hydrogens is 624 g/mol. The number of benzene rings is 2. The van der Waals surface area contributed by atoms with Crippen LogP contribution in [0.2, 0.25) is 0 Å². The molecule has 2 N–H and O–H groups in total. The highest BCUT2D eigenvalue weighted by Crippen LogP contribution is 2.45. The first kappa shape index (κ1) is 29.9. The number of morpholine rings is 1. The average molecular weight is 661 g/mol. The minimum absolute atomic E-state index is 0.0923. The van der Waals surface area contributed by atoms with Crippen molar-refractivity contribution < 1.29 is 23.9 Å². The van der Waals surface area contributed by atoms with E-state index in [0.29, 0.717) is 17.9 Å².